The lowest BCUT2D eigenvalue weighted by molar-refractivity contribution is -0.117. The van der Waals surface area contributed by atoms with Crippen LogP contribution in [-0.2, 0) is 11.2 Å². The molecule has 16 heavy (non-hydrogen) atoms. The average Bonchev–Trinajstić information content (AvgIpc) is 2.28. The number of rotatable bonds is 3. The van der Waals surface area contributed by atoms with Crippen molar-refractivity contribution < 1.29 is 4.79 Å². The molecule has 1 aromatic carbocycles. The maximum Gasteiger partial charge on any atom is 0.151 e. The van der Waals surface area contributed by atoms with Crippen LogP contribution in [0.15, 0.2) is 24.3 Å². The predicted octanol–water partition coefficient (Wildman–Crippen LogP) is 2.66. The SMILES string of the molecule is CCC(=O)CN1CC(C)Cc2ccccc21. The van der Waals surface area contributed by atoms with Gasteiger partial charge in [-0.05, 0) is 24.0 Å². The van der Waals surface area contributed by atoms with Gasteiger partial charge in [0.25, 0.3) is 0 Å². The van der Waals surface area contributed by atoms with Crippen LogP contribution in [-0.4, -0.2) is 18.9 Å². The molecule has 0 bridgehead atoms. The molecule has 1 aliphatic heterocycles. The summed E-state index contributed by atoms with van der Waals surface area (Å²) in [7, 11) is 0. The smallest absolute Gasteiger partial charge is 0.151 e. The molecular weight excluding hydrogens is 198 g/mol. The summed E-state index contributed by atoms with van der Waals surface area (Å²) in [6.07, 6.45) is 1.76. The topological polar surface area (TPSA) is 20.3 Å². The number of hydrogen-bond acceptors (Lipinski definition) is 2. The Kier molecular flexibility index (Phi) is 3.28. The molecule has 0 amide bonds. The second-order valence-electron chi connectivity index (χ2n) is 4.71. The van der Waals surface area contributed by atoms with E-state index in [9.17, 15) is 4.79 Å². The van der Waals surface area contributed by atoms with E-state index in [4.69, 9.17) is 0 Å². The fourth-order valence-corrected chi connectivity index (χ4v) is 2.38. The summed E-state index contributed by atoms with van der Waals surface area (Å²) in [5, 5.41) is 0. The van der Waals surface area contributed by atoms with Crippen molar-refractivity contribution in [2.24, 2.45) is 5.92 Å². The zero-order valence-corrected chi connectivity index (χ0v) is 10.1. The standard InChI is InChI=1S/C14H19NO/c1-3-13(16)10-15-9-11(2)8-12-6-4-5-7-14(12)15/h4-7,11H,3,8-10H2,1-2H3. The highest BCUT2D eigenvalue weighted by Crippen LogP contribution is 2.29. The monoisotopic (exact) mass is 217 g/mol. The minimum Gasteiger partial charge on any atom is -0.364 e. The molecule has 2 rings (SSSR count). The molecule has 0 aliphatic carbocycles. The third-order valence-corrected chi connectivity index (χ3v) is 3.19. The summed E-state index contributed by atoms with van der Waals surface area (Å²) in [5.41, 5.74) is 2.63. The molecule has 0 fully saturated rings. The summed E-state index contributed by atoms with van der Waals surface area (Å²) < 4.78 is 0. The van der Waals surface area contributed by atoms with Gasteiger partial charge in [0.05, 0.1) is 6.54 Å². The third kappa shape index (κ3) is 2.26. The number of benzene rings is 1. The largest absolute Gasteiger partial charge is 0.364 e. The number of para-hydroxylation sites is 1. The Balaban J connectivity index is 2.23. The summed E-state index contributed by atoms with van der Waals surface area (Å²) in [6, 6.07) is 8.44. The molecule has 1 heterocycles. The van der Waals surface area contributed by atoms with E-state index in [0.29, 0.717) is 24.7 Å². The number of carbonyl (C=O) groups is 1. The van der Waals surface area contributed by atoms with E-state index >= 15 is 0 Å². The Labute approximate surface area is 97.3 Å². The summed E-state index contributed by atoms with van der Waals surface area (Å²) >= 11 is 0. The third-order valence-electron chi connectivity index (χ3n) is 3.19. The molecule has 0 spiro atoms. The first-order chi connectivity index (χ1) is 7.70. The molecule has 86 valence electrons. The second-order valence-corrected chi connectivity index (χ2v) is 4.71. The van der Waals surface area contributed by atoms with Crippen LogP contribution in [0.25, 0.3) is 0 Å². The van der Waals surface area contributed by atoms with Crippen LogP contribution < -0.4 is 4.90 Å². The van der Waals surface area contributed by atoms with Crippen LogP contribution in [0, 0.1) is 5.92 Å². The van der Waals surface area contributed by atoms with Crippen LogP contribution in [0.5, 0.6) is 0 Å². The highest BCUT2D eigenvalue weighted by Gasteiger charge is 2.22. The summed E-state index contributed by atoms with van der Waals surface area (Å²) in [6.45, 7) is 5.75. The molecule has 0 saturated heterocycles. The first-order valence-electron chi connectivity index (χ1n) is 6.05. The Bertz CT molecular complexity index is 386. The van der Waals surface area contributed by atoms with E-state index < -0.39 is 0 Å². The predicted molar refractivity (Wildman–Crippen MR) is 66.8 cm³/mol. The highest BCUT2D eigenvalue weighted by molar-refractivity contribution is 5.83. The lowest BCUT2D eigenvalue weighted by Gasteiger charge is -2.34. The molecule has 0 N–H and O–H groups in total. The van der Waals surface area contributed by atoms with Crippen molar-refractivity contribution in [3.8, 4) is 0 Å². The first-order valence-corrected chi connectivity index (χ1v) is 6.05. The van der Waals surface area contributed by atoms with Gasteiger partial charge in [-0.25, -0.2) is 0 Å². The van der Waals surface area contributed by atoms with Crippen LogP contribution in [0.1, 0.15) is 25.8 Å². The van der Waals surface area contributed by atoms with Crippen LogP contribution >= 0.6 is 0 Å². The maximum atomic E-state index is 11.6. The molecule has 0 radical (unpaired) electrons. The number of anilines is 1. The van der Waals surface area contributed by atoms with Gasteiger partial charge in [0.1, 0.15) is 0 Å². The van der Waals surface area contributed by atoms with Crippen molar-refractivity contribution in [3.05, 3.63) is 29.8 Å². The van der Waals surface area contributed by atoms with Crippen molar-refractivity contribution in [1.82, 2.24) is 0 Å². The van der Waals surface area contributed by atoms with Gasteiger partial charge in [-0.1, -0.05) is 32.0 Å². The van der Waals surface area contributed by atoms with E-state index in [1.54, 1.807) is 0 Å². The Morgan fingerprint density at radius 3 is 2.94 bits per heavy atom. The zero-order valence-electron chi connectivity index (χ0n) is 10.1. The molecule has 1 aromatic rings. The number of nitrogens with zero attached hydrogens (tertiary/aromatic N) is 1. The van der Waals surface area contributed by atoms with E-state index in [0.717, 1.165) is 13.0 Å². The van der Waals surface area contributed by atoms with Crippen molar-refractivity contribution in [2.75, 3.05) is 18.0 Å². The molecule has 2 nitrogen and oxygen atoms in total. The van der Waals surface area contributed by atoms with Gasteiger partial charge < -0.3 is 4.90 Å². The number of ketones is 1. The lowest BCUT2D eigenvalue weighted by atomic mass is 9.94. The van der Waals surface area contributed by atoms with Crippen LogP contribution in [0.4, 0.5) is 5.69 Å². The van der Waals surface area contributed by atoms with Crippen molar-refractivity contribution in [2.45, 2.75) is 26.7 Å². The molecule has 0 aromatic heterocycles. The number of fused-ring (bicyclic) bond motifs is 1. The fourth-order valence-electron chi connectivity index (χ4n) is 2.38. The van der Waals surface area contributed by atoms with E-state index in [-0.39, 0.29) is 0 Å². The molecule has 1 atom stereocenters. The van der Waals surface area contributed by atoms with Gasteiger partial charge in [-0.3, -0.25) is 4.79 Å². The minimum absolute atomic E-state index is 0.323. The van der Waals surface area contributed by atoms with Crippen molar-refractivity contribution in [1.29, 1.82) is 0 Å². The normalized spacial score (nSPS) is 19.4. The molecule has 2 heteroatoms. The average molecular weight is 217 g/mol. The number of carbonyl (C=O) groups excluding carboxylic acids is 1. The fraction of sp³-hybridized carbons (Fsp3) is 0.500. The van der Waals surface area contributed by atoms with Gasteiger partial charge in [0.2, 0.25) is 0 Å². The van der Waals surface area contributed by atoms with E-state index in [1.807, 2.05) is 6.92 Å². The van der Waals surface area contributed by atoms with Gasteiger partial charge in [-0.2, -0.15) is 0 Å². The van der Waals surface area contributed by atoms with E-state index in [1.165, 1.54) is 11.3 Å². The quantitative estimate of drug-likeness (QED) is 0.775. The first kappa shape index (κ1) is 11.2. The highest BCUT2D eigenvalue weighted by atomic mass is 16.1. The molecule has 1 aliphatic rings. The lowest BCUT2D eigenvalue weighted by Crippen LogP contribution is -2.37. The Morgan fingerprint density at radius 1 is 1.44 bits per heavy atom. The van der Waals surface area contributed by atoms with Gasteiger partial charge in [0, 0.05) is 18.7 Å². The zero-order chi connectivity index (χ0) is 11.5. The number of hydrogen-bond donors (Lipinski definition) is 0. The van der Waals surface area contributed by atoms with Gasteiger partial charge in [-0.15, -0.1) is 0 Å². The van der Waals surface area contributed by atoms with Crippen LogP contribution in [0.3, 0.4) is 0 Å². The van der Waals surface area contributed by atoms with Crippen LogP contribution in [0.2, 0.25) is 0 Å². The maximum absolute atomic E-state index is 11.6. The molecule has 1 unspecified atom stereocenters. The van der Waals surface area contributed by atoms with Crippen molar-refractivity contribution in [3.63, 3.8) is 0 Å². The van der Waals surface area contributed by atoms with E-state index in [2.05, 4.69) is 36.1 Å². The number of Topliss-reactive ketones (excluding diaryl/α,β-unsaturated/α-hetero) is 1. The van der Waals surface area contributed by atoms with Crippen molar-refractivity contribution >= 4 is 11.5 Å². The molecule has 0 saturated carbocycles. The summed E-state index contributed by atoms with van der Waals surface area (Å²) in [5.74, 6) is 0.962. The second kappa shape index (κ2) is 4.69. The van der Waals surface area contributed by atoms with Gasteiger partial charge >= 0.3 is 0 Å². The minimum atomic E-state index is 0.323. The Hall–Kier alpha value is -1.31. The molecular formula is C14H19NO. The van der Waals surface area contributed by atoms with Gasteiger partial charge in [0.15, 0.2) is 5.78 Å². The summed E-state index contributed by atoms with van der Waals surface area (Å²) in [4.78, 5) is 13.8. The Morgan fingerprint density at radius 2 is 2.19 bits per heavy atom.